The predicted molar refractivity (Wildman–Crippen MR) is 124 cm³/mol. The Hall–Kier alpha value is -4.00. The Labute approximate surface area is 191 Å². The lowest BCUT2D eigenvalue weighted by atomic mass is 9.88. The lowest BCUT2D eigenvalue weighted by Gasteiger charge is -2.31. The van der Waals surface area contributed by atoms with Crippen LogP contribution in [0.25, 0.3) is 11.0 Å². The molecular weight excluding hydrogens is 416 g/mol. The number of phenolic OH excluding ortho intramolecular Hbond substituents is 1. The van der Waals surface area contributed by atoms with E-state index in [0.29, 0.717) is 43.6 Å². The Morgan fingerprint density at radius 3 is 2.39 bits per heavy atom. The van der Waals surface area contributed by atoms with Gasteiger partial charge >= 0.3 is 0 Å². The molecule has 0 radical (unpaired) electrons. The van der Waals surface area contributed by atoms with Crippen molar-refractivity contribution in [1.82, 2.24) is 19.7 Å². The molecule has 0 bridgehead atoms. The van der Waals surface area contributed by atoms with Crippen LogP contribution in [-0.4, -0.2) is 49.6 Å². The summed E-state index contributed by atoms with van der Waals surface area (Å²) in [4.78, 5) is 32.1. The van der Waals surface area contributed by atoms with Crippen molar-refractivity contribution in [2.24, 2.45) is 5.92 Å². The molecule has 0 spiro atoms. The molecule has 4 aromatic rings. The number of Topliss-reactive ketones (excluding diaryl/α,β-unsaturated/α-hetero) is 1. The smallest absolute Gasteiger partial charge is 0.255 e. The molecule has 33 heavy (non-hydrogen) atoms. The molecule has 2 aromatic heterocycles. The minimum Gasteiger partial charge on any atom is -0.508 e. The SMILES string of the molecule is O=C(c1ccc(O)cc1)C1CCN(C(=O)c2cnc3c(cnn3Cc3ccccc3)c2)CC1. The van der Waals surface area contributed by atoms with Crippen molar-refractivity contribution in [1.29, 1.82) is 0 Å². The van der Waals surface area contributed by atoms with Gasteiger partial charge in [0.25, 0.3) is 5.91 Å². The van der Waals surface area contributed by atoms with Crippen LogP contribution in [0.15, 0.2) is 73.1 Å². The molecule has 7 nitrogen and oxygen atoms in total. The van der Waals surface area contributed by atoms with Gasteiger partial charge in [0.2, 0.25) is 0 Å². The maximum Gasteiger partial charge on any atom is 0.255 e. The zero-order chi connectivity index (χ0) is 22.8. The van der Waals surface area contributed by atoms with E-state index in [0.717, 1.165) is 16.6 Å². The molecular formula is C26H24N4O3. The third kappa shape index (κ3) is 4.35. The van der Waals surface area contributed by atoms with Gasteiger partial charge in [0.15, 0.2) is 11.4 Å². The summed E-state index contributed by atoms with van der Waals surface area (Å²) < 4.78 is 1.83. The Morgan fingerprint density at radius 1 is 0.939 bits per heavy atom. The fourth-order valence-electron chi connectivity index (χ4n) is 4.35. The molecule has 1 aliphatic heterocycles. The van der Waals surface area contributed by atoms with E-state index in [2.05, 4.69) is 10.1 Å². The molecule has 166 valence electrons. The first kappa shape index (κ1) is 20.9. The quantitative estimate of drug-likeness (QED) is 0.475. The third-order valence-corrected chi connectivity index (χ3v) is 6.20. The molecule has 7 heteroatoms. The van der Waals surface area contributed by atoms with E-state index < -0.39 is 0 Å². The molecule has 2 aromatic carbocycles. The van der Waals surface area contributed by atoms with Crippen LogP contribution < -0.4 is 0 Å². The van der Waals surface area contributed by atoms with Crippen LogP contribution in [0, 0.1) is 5.92 Å². The Morgan fingerprint density at radius 2 is 1.67 bits per heavy atom. The van der Waals surface area contributed by atoms with Gasteiger partial charge in [-0.1, -0.05) is 30.3 Å². The summed E-state index contributed by atoms with van der Waals surface area (Å²) in [7, 11) is 0. The summed E-state index contributed by atoms with van der Waals surface area (Å²) in [6, 6.07) is 18.2. The minimum atomic E-state index is -0.115. The molecule has 5 rings (SSSR count). The fraction of sp³-hybridized carbons (Fsp3) is 0.231. The number of aromatic nitrogens is 3. The van der Waals surface area contributed by atoms with Gasteiger partial charge in [-0.3, -0.25) is 9.59 Å². The summed E-state index contributed by atoms with van der Waals surface area (Å²) in [5.41, 5.74) is 3.01. The van der Waals surface area contributed by atoms with E-state index in [1.165, 1.54) is 12.1 Å². The molecule has 1 amide bonds. The molecule has 0 aliphatic carbocycles. The molecule has 1 fully saturated rings. The highest BCUT2D eigenvalue weighted by atomic mass is 16.3. The van der Waals surface area contributed by atoms with E-state index in [1.54, 1.807) is 29.4 Å². The molecule has 0 atom stereocenters. The Kier molecular flexibility index (Phi) is 5.60. The van der Waals surface area contributed by atoms with E-state index in [1.807, 2.05) is 41.1 Å². The van der Waals surface area contributed by atoms with Crippen molar-refractivity contribution in [2.75, 3.05) is 13.1 Å². The van der Waals surface area contributed by atoms with Crippen LogP contribution in [0.2, 0.25) is 0 Å². The highest BCUT2D eigenvalue weighted by Gasteiger charge is 2.28. The number of pyridine rings is 1. The number of hydrogen-bond acceptors (Lipinski definition) is 5. The number of hydrogen-bond donors (Lipinski definition) is 1. The third-order valence-electron chi connectivity index (χ3n) is 6.20. The first-order valence-electron chi connectivity index (χ1n) is 11.1. The number of aromatic hydroxyl groups is 1. The second-order valence-electron chi connectivity index (χ2n) is 8.40. The Bertz CT molecular complexity index is 1290. The lowest BCUT2D eigenvalue weighted by Crippen LogP contribution is -2.40. The van der Waals surface area contributed by atoms with Gasteiger partial charge in [-0.2, -0.15) is 5.10 Å². The van der Waals surface area contributed by atoms with Gasteiger partial charge in [-0.25, -0.2) is 9.67 Å². The number of amides is 1. The lowest BCUT2D eigenvalue weighted by molar-refractivity contribution is 0.0650. The summed E-state index contributed by atoms with van der Waals surface area (Å²) >= 11 is 0. The number of ketones is 1. The summed E-state index contributed by atoms with van der Waals surface area (Å²) in [5.74, 6) is 0.0188. The highest BCUT2D eigenvalue weighted by Crippen LogP contribution is 2.24. The number of phenols is 1. The molecule has 1 N–H and O–H groups in total. The second-order valence-corrected chi connectivity index (χ2v) is 8.40. The molecule has 1 aliphatic rings. The maximum atomic E-state index is 13.1. The number of likely N-dealkylation sites (tertiary alicyclic amines) is 1. The molecule has 1 saturated heterocycles. The monoisotopic (exact) mass is 440 g/mol. The number of fused-ring (bicyclic) bond motifs is 1. The number of piperidine rings is 1. The molecule has 3 heterocycles. The van der Waals surface area contributed by atoms with Crippen LogP contribution in [0.3, 0.4) is 0 Å². The van der Waals surface area contributed by atoms with Gasteiger partial charge in [0.1, 0.15) is 5.75 Å². The van der Waals surface area contributed by atoms with Crippen molar-refractivity contribution >= 4 is 22.7 Å². The highest BCUT2D eigenvalue weighted by molar-refractivity contribution is 5.99. The number of carbonyl (C=O) groups excluding carboxylic acids is 2. The van der Waals surface area contributed by atoms with Crippen molar-refractivity contribution in [3.05, 3.63) is 89.7 Å². The molecule has 0 unspecified atom stereocenters. The van der Waals surface area contributed by atoms with E-state index in [4.69, 9.17) is 0 Å². The van der Waals surface area contributed by atoms with Crippen LogP contribution in [0.5, 0.6) is 5.75 Å². The first-order chi connectivity index (χ1) is 16.1. The summed E-state index contributed by atoms with van der Waals surface area (Å²) in [6.45, 7) is 1.67. The number of nitrogens with zero attached hydrogens (tertiary/aromatic N) is 4. The van der Waals surface area contributed by atoms with E-state index in [-0.39, 0.29) is 23.4 Å². The van der Waals surface area contributed by atoms with Crippen molar-refractivity contribution in [3.63, 3.8) is 0 Å². The van der Waals surface area contributed by atoms with E-state index in [9.17, 15) is 14.7 Å². The number of benzene rings is 2. The number of rotatable bonds is 5. The summed E-state index contributed by atoms with van der Waals surface area (Å²) in [6.07, 6.45) is 4.60. The van der Waals surface area contributed by atoms with Crippen molar-refractivity contribution in [3.8, 4) is 5.75 Å². The van der Waals surface area contributed by atoms with Gasteiger partial charge in [-0.15, -0.1) is 0 Å². The maximum absolute atomic E-state index is 13.1. The van der Waals surface area contributed by atoms with Gasteiger partial charge in [0.05, 0.1) is 18.3 Å². The zero-order valence-corrected chi connectivity index (χ0v) is 18.1. The normalized spacial score (nSPS) is 14.5. The average Bonchev–Trinajstić information content (AvgIpc) is 3.26. The van der Waals surface area contributed by atoms with Crippen LogP contribution in [0.4, 0.5) is 0 Å². The van der Waals surface area contributed by atoms with E-state index >= 15 is 0 Å². The number of carbonyl (C=O) groups is 2. The minimum absolute atomic E-state index is 0.0658. The van der Waals surface area contributed by atoms with Crippen LogP contribution in [0.1, 0.15) is 39.1 Å². The standard InChI is InChI=1S/C26H24N4O3/c31-23-8-6-19(7-9-23)24(32)20-10-12-29(13-11-20)26(33)22-14-21-16-28-30(25(21)27-15-22)17-18-4-2-1-3-5-18/h1-9,14-16,20,31H,10-13,17H2. The topological polar surface area (TPSA) is 88.3 Å². The molecule has 0 saturated carbocycles. The van der Waals surface area contributed by atoms with Crippen molar-refractivity contribution in [2.45, 2.75) is 19.4 Å². The largest absolute Gasteiger partial charge is 0.508 e. The first-order valence-corrected chi connectivity index (χ1v) is 11.1. The summed E-state index contributed by atoms with van der Waals surface area (Å²) in [5, 5.41) is 14.7. The van der Waals surface area contributed by atoms with Crippen molar-refractivity contribution < 1.29 is 14.7 Å². The van der Waals surface area contributed by atoms with Gasteiger partial charge in [-0.05, 0) is 48.7 Å². The second kappa shape index (κ2) is 8.86. The van der Waals surface area contributed by atoms with Crippen LogP contribution in [-0.2, 0) is 6.54 Å². The predicted octanol–water partition coefficient (Wildman–Crippen LogP) is 3.92. The average molecular weight is 441 g/mol. The van der Waals surface area contributed by atoms with Gasteiger partial charge < -0.3 is 10.0 Å². The zero-order valence-electron chi connectivity index (χ0n) is 18.1. The van der Waals surface area contributed by atoms with Gasteiger partial charge in [0, 0.05) is 36.2 Å². The Balaban J connectivity index is 1.25. The fourth-order valence-corrected chi connectivity index (χ4v) is 4.35. The van der Waals surface area contributed by atoms with Crippen LogP contribution >= 0.6 is 0 Å².